The molecule has 0 amide bonds. The highest BCUT2D eigenvalue weighted by atomic mass is 16.5. The molecule has 1 aliphatic heterocycles. The van der Waals surface area contributed by atoms with Crippen LogP contribution in [0.4, 0.5) is 0 Å². The van der Waals surface area contributed by atoms with Crippen LogP contribution in [0.2, 0.25) is 0 Å². The van der Waals surface area contributed by atoms with E-state index in [2.05, 4.69) is 0 Å². The van der Waals surface area contributed by atoms with Crippen molar-refractivity contribution in [1.82, 2.24) is 0 Å². The van der Waals surface area contributed by atoms with E-state index in [0.717, 1.165) is 25.7 Å². The fourth-order valence-electron chi connectivity index (χ4n) is 1.05. The maximum absolute atomic E-state index is 10.4. The Morgan fingerprint density at radius 2 is 2.44 bits per heavy atom. The van der Waals surface area contributed by atoms with E-state index in [1.54, 1.807) is 0 Å². The Balaban J connectivity index is 2.46. The summed E-state index contributed by atoms with van der Waals surface area (Å²) in [6.45, 7) is 3.37. The number of ether oxygens (including phenoxy) is 1. The molecule has 52 valence electrons. The zero-order valence-corrected chi connectivity index (χ0v) is 5.72. The summed E-state index contributed by atoms with van der Waals surface area (Å²) in [6.07, 6.45) is 3.01. The van der Waals surface area contributed by atoms with Crippen molar-refractivity contribution in [2.75, 3.05) is 13.2 Å². The van der Waals surface area contributed by atoms with E-state index >= 15 is 0 Å². The van der Waals surface area contributed by atoms with Gasteiger partial charge < -0.3 is 9.53 Å². The van der Waals surface area contributed by atoms with Crippen LogP contribution in [0.1, 0.15) is 19.8 Å². The third kappa shape index (κ3) is 1.52. The van der Waals surface area contributed by atoms with Crippen LogP contribution in [0.5, 0.6) is 0 Å². The molecule has 0 spiro atoms. The molecule has 1 aliphatic rings. The lowest BCUT2D eigenvalue weighted by atomic mass is 9.87. The molecule has 0 N–H and O–H groups in total. The lowest BCUT2D eigenvalue weighted by Gasteiger charge is -2.27. The van der Waals surface area contributed by atoms with E-state index in [-0.39, 0.29) is 5.41 Å². The van der Waals surface area contributed by atoms with Crippen molar-refractivity contribution in [3.63, 3.8) is 0 Å². The van der Waals surface area contributed by atoms with Gasteiger partial charge in [-0.1, -0.05) is 6.92 Å². The monoisotopic (exact) mass is 128 g/mol. The summed E-state index contributed by atoms with van der Waals surface area (Å²) < 4.78 is 5.14. The number of aldehydes is 1. The quantitative estimate of drug-likeness (QED) is 0.492. The third-order valence-corrected chi connectivity index (χ3v) is 1.75. The number of carbonyl (C=O) groups excluding carboxylic acids is 1. The standard InChI is InChI=1S/C7H12O2/c1-7(5-8)3-2-4-9-6-7/h5H,2-4,6H2,1H3. The fourth-order valence-corrected chi connectivity index (χ4v) is 1.05. The number of rotatable bonds is 1. The van der Waals surface area contributed by atoms with E-state index in [1.807, 2.05) is 6.92 Å². The minimum Gasteiger partial charge on any atom is -0.380 e. The van der Waals surface area contributed by atoms with E-state index < -0.39 is 0 Å². The van der Waals surface area contributed by atoms with E-state index in [9.17, 15) is 4.79 Å². The average molecular weight is 128 g/mol. The largest absolute Gasteiger partial charge is 0.380 e. The highest BCUT2D eigenvalue weighted by molar-refractivity contribution is 5.58. The van der Waals surface area contributed by atoms with Crippen molar-refractivity contribution in [3.05, 3.63) is 0 Å². The van der Waals surface area contributed by atoms with Gasteiger partial charge in [0.15, 0.2) is 0 Å². The summed E-state index contributed by atoms with van der Waals surface area (Å²) in [6, 6.07) is 0. The molecule has 0 radical (unpaired) electrons. The van der Waals surface area contributed by atoms with Crippen molar-refractivity contribution in [3.8, 4) is 0 Å². The van der Waals surface area contributed by atoms with Crippen molar-refractivity contribution in [1.29, 1.82) is 0 Å². The Morgan fingerprint density at radius 3 is 2.78 bits per heavy atom. The molecule has 1 unspecified atom stereocenters. The molecule has 0 aromatic rings. The van der Waals surface area contributed by atoms with Crippen LogP contribution in [0.15, 0.2) is 0 Å². The smallest absolute Gasteiger partial charge is 0.128 e. The molecule has 1 rings (SSSR count). The minimum absolute atomic E-state index is 0.182. The maximum atomic E-state index is 10.4. The van der Waals surface area contributed by atoms with Crippen LogP contribution in [0.3, 0.4) is 0 Å². The molecule has 0 aromatic carbocycles. The molecule has 0 bridgehead atoms. The maximum Gasteiger partial charge on any atom is 0.128 e. The van der Waals surface area contributed by atoms with Crippen molar-refractivity contribution >= 4 is 6.29 Å². The summed E-state index contributed by atoms with van der Waals surface area (Å²) in [4.78, 5) is 10.4. The zero-order valence-electron chi connectivity index (χ0n) is 5.72. The predicted octanol–water partition coefficient (Wildman–Crippen LogP) is 1.00. The van der Waals surface area contributed by atoms with Crippen molar-refractivity contribution in [2.45, 2.75) is 19.8 Å². The van der Waals surface area contributed by atoms with Crippen LogP contribution >= 0.6 is 0 Å². The van der Waals surface area contributed by atoms with Gasteiger partial charge in [0.05, 0.1) is 6.61 Å². The van der Waals surface area contributed by atoms with Crippen molar-refractivity contribution in [2.24, 2.45) is 5.41 Å². The summed E-state index contributed by atoms with van der Waals surface area (Å²) >= 11 is 0. The molecular formula is C7H12O2. The van der Waals surface area contributed by atoms with Crippen LogP contribution in [-0.4, -0.2) is 19.5 Å². The molecule has 1 saturated heterocycles. The third-order valence-electron chi connectivity index (χ3n) is 1.75. The van der Waals surface area contributed by atoms with Crippen LogP contribution in [0.25, 0.3) is 0 Å². The van der Waals surface area contributed by atoms with Gasteiger partial charge >= 0.3 is 0 Å². The average Bonchev–Trinajstić information content (AvgIpc) is 1.90. The Hall–Kier alpha value is -0.370. The van der Waals surface area contributed by atoms with Crippen LogP contribution in [-0.2, 0) is 9.53 Å². The normalized spacial score (nSPS) is 36.1. The Morgan fingerprint density at radius 1 is 1.67 bits per heavy atom. The van der Waals surface area contributed by atoms with Gasteiger partial charge in [0, 0.05) is 12.0 Å². The van der Waals surface area contributed by atoms with Crippen molar-refractivity contribution < 1.29 is 9.53 Å². The molecule has 0 saturated carbocycles. The highest BCUT2D eigenvalue weighted by Gasteiger charge is 2.26. The number of hydrogen-bond donors (Lipinski definition) is 0. The predicted molar refractivity (Wildman–Crippen MR) is 34.2 cm³/mol. The second kappa shape index (κ2) is 2.48. The highest BCUT2D eigenvalue weighted by Crippen LogP contribution is 2.24. The lowest BCUT2D eigenvalue weighted by Crippen LogP contribution is -2.29. The number of hydrogen-bond acceptors (Lipinski definition) is 2. The topological polar surface area (TPSA) is 26.3 Å². The number of carbonyl (C=O) groups is 1. The molecule has 0 aliphatic carbocycles. The van der Waals surface area contributed by atoms with E-state index in [4.69, 9.17) is 4.74 Å². The summed E-state index contributed by atoms with van der Waals surface area (Å²) in [5, 5.41) is 0. The van der Waals surface area contributed by atoms with Crippen LogP contribution in [0, 0.1) is 5.41 Å². The molecule has 1 heterocycles. The Labute approximate surface area is 55.2 Å². The van der Waals surface area contributed by atoms with Gasteiger partial charge in [0.2, 0.25) is 0 Å². The Kier molecular flexibility index (Phi) is 1.86. The van der Waals surface area contributed by atoms with E-state index in [1.165, 1.54) is 0 Å². The van der Waals surface area contributed by atoms with Gasteiger partial charge in [0.25, 0.3) is 0 Å². The molecule has 2 nitrogen and oxygen atoms in total. The lowest BCUT2D eigenvalue weighted by molar-refractivity contribution is -0.122. The van der Waals surface area contributed by atoms with E-state index in [0.29, 0.717) is 6.61 Å². The van der Waals surface area contributed by atoms with Crippen LogP contribution < -0.4 is 0 Å². The first-order valence-electron chi connectivity index (χ1n) is 3.31. The first kappa shape index (κ1) is 6.75. The van der Waals surface area contributed by atoms with Gasteiger partial charge in [0.1, 0.15) is 6.29 Å². The summed E-state index contributed by atoms with van der Waals surface area (Å²) in [5.74, 6) is 0. The summed E-state index contributed by atoms with van der Waals surface area (Å²) in [5.41, 5.74) is -0.182. The minimum atomic E-state index is -0.182. The molecule has 1 fully saturated rings. The molecule has 9 heavy (non-hydrogen) atoms. The molecule has 0 aromatic heterocycles. The molecular weight excluding hydrogens is 116 g/mol. The SMILES string of the molecule is CC1(C=O)CCCOC1. The zero-order chi connectivity index (χ0) is 6.74. The molecule has 1 atom stereocenters. The van der Waals surface area contributed by atoms with Gasteiger partial charge in [-0.3, -0.25) is 0 Å². The van der Waals surface area contributed by atoms with Gasteiger partial charge in [-0.05, 0) is 12.8 Å². The van der Waals surface area contributed by atoms with Gasteiger partial charge in [-0.2, -0.15) is 0 Å². The second-order valence-corrected chi connectivity index (χ2v) is 2.93. The first-order valence-corrected chi connectivity index (χ1v) is 3.31. The first-order chi connectivity index (χ1) is 4.27. The fraction of sp³-hybridized carbons (Fsp3) is 0.857. The van der Waals surface area contributed by atoms with Gasteiger partial charge in [-0.25, -0.2) is 0 Å². The Bertz CT molecular complexity index is 103. The molecule has 2 heteroatoms. The van der Waals surface area contributed by atoms with Gasteiger partial charge in [-0.15, -0.1) is 0 Å². The second-order valence-electron chi connectivity index (χ2n) is 2.93. The summed E-state index contributed by atoms with van der Waals surface area (Å²) in [7, 11) is 0.